The third-order valence-electron chi connectivity index (χ3n) is 5.73. The molecule has 1 saturated carbocycles. The van der Waals surface area contributed by atoms with E-state index >= 15 is 0 Å². The van der Waals surface area contributed by atoms with Crippen LogP contribution in [-0.2, 0) is 22.8 Å². The van der Waals surface area contributed by atoms with Crippen LogP contribution in [-0.4, -0.2) is 43.4 Å². The van der Waals surface area contributed by atoms with Crippen molar-refractivity contribution in [1.29, 1.82) is 0 Å². The molecule has 8 nitrogen and oxygen atoms in total. The first-order valence-electron chi connectivity index (χ1n) is 9.81. The summed E-state index contributed by atoms with van der Waals surface area (Å²) in [7, 11) is -3.38. The van der Waals surface area contributed by atoms with Crippen molar-refractivity contribution in [2.24, 2.45) is 0 Å². The summed E-state index contributed by atoms with van der Waals surface area (Å²) in [5.74, 6) is 1.06. The number of aryl methyl sites for hydroxylation is 1. The third kappa shape index (κ3) is 2.64. The van der Waals surface area contributed by atoms with E-state index in [1.165, 1.54) is 25.3 Å². The first kappa shape index (κ1) is 17.0. The number of hydrogen-bond acceptors (Lipinski definition) is 5. The minimum absolute atomic E-state index is 0.190. The highest BCUT2D eigenvalue weighted by atomic mass is 32.2. The number of pyridine rings is 1. The van der Waals surface area contributed by atoms with Gasteiger partial charge in [0.15, 0.2) is 14.9 Å². The molecule has 0 atom stereocenters. The van der Waals surface area contributed by atoms with Crippen molar-refractivity contribution < 1.29 is 8.42 Å². The minimum atomic E-state index is -3.38. The van der Waals surface area contributed by atoms with Crippen LogP contribution >= 0.6 is 0 Å². The Kier molecular flexibility index (Phi) is 3.39. The van der Waals surface area contributed by atoms with Crippen molar-refractivity contribution in [1.82, 2.24) is 28.7 Å². The maximum absolute atomic E-state index is 12.2. The molecule has 0 N–H and O–H groups in total. The molecule has 0 unspecified atom stereocenters. The van der Waals surface area contributed by atoms with Crippen LogP contribution in [0, 0.1) is 0 Å². The molecule has 0 spiro atoms. The Morgan fingerprint density at radius 3 is 2.83 bits per heavy atom. The summed E-state index contributed by atoms with van der Waals surface area (Å²) < 4.78 is 30.2. The molecule has 6 rings (SSSR count). The summed E-state index contributed by atoms with van der Waals surface area (Å²) in [6.45, 7) is 0.905. The lowest BCUT2D eigenvalue weighted by molar-refractivity contribution is 0.597. The van der Waals surface area contributed by atoms with Gasteiger partial charge < -0.3 is 4.57 Å². The molecule has 29 heavy (non-hydrogen) atoms. The van der Waals surface area contributed by atoms with E-state index in [1.807, 2.05) is 35.3 Å². The van der Waals surface area contributed by atoms with Crippen LogP contribution in [0.4, 0.5) is 0 Å². The molecule has 1 aliphatic carbocycles. The van der Waals surface area contributed by atoms with Gasteiger partial charge in [-0.2, -0.15) is 5.10 Å². The molecule has 0 amide bonds. The zero-order valence-electron chi connectivity index (χ0n) is 16.0. The fraction of sp³-hybridized carbons (Fsp3) is 0.350. The molecule has 4 aromatic rings. The van der Waals surface area contributed by atoms with Gasteiger partial charge in [0.05, 0.1) is 17.9 Å². The summed E-state index contributed by atoms with van der Waals surface area (Å²) >= 11 is 0. The number of nitrogens with zero attached hydrogens (tertiary/aromatic N) is 6. The van der Waals surface area contributed by atoms with Crippen LogP contribution in [0.25, 0.3) is 28.3 Å². The van der Waals surface area contributed by atoms with Gasteiger partial charge in [0.25, 0.3) is 0 Å². The maximum Gasteiger partial charge on any atom is 0.192 e. The number of sulfone groups is 1. The molecule has 2 aliphatic rings. The molecule has 1 aliphatic heterocycles. The normalized spacial score (nSPS) is 16.6. The van der Waals surface area contributed by atoms with E-state index in [0.29, 0.717) is 11.7 Å². The van der Waals surface area contributed by atoms with E-state index in [2.05, 4.69) is 9.55 Å². The lowest BCUT2D eigenvalue weighted by Gasteiger charge is -2.09. The van der Waals surface area contributed by atoms with Crippen molar-refractivity contribution in [2.75, 3.05) is 6.26 Å². The first-order chi connectivity index (χ1) is 14.0. The van der Waals surface area contributed by atoms with Crippen molar-refractivity contribution in [3.8, 4) is 22.6 Å². The molecule has 0 saturated heterocycles. The number of hydrogen-bond donors (Lipinski definition) is 0. The molecule has 4 aromatic heterocycles. The number of imidazole rings is 2. The fourth-order valence-electron chi connectivity index (χ4n) is 4.18. The van der Waals surface area contributed by atoms with Crippen LogP contribution in [0.3, 0.4) is 0 Å². The highest BCUT2D eigenvalue weighted by Crippen LogP contribution is 2.38. The predicted molar refractivity (Wildman–Crippen MR) is 107 cm³/mol. The second-order valence-electron chi connectivity index (χ2n) is 7.91. The van der Waals surface area contributed by atoms with E-state index in [0.717, 1.165) is 47.9 Å². The van der Waals surface area contributed by atoms with Crippen LogP contribution in [0.5, 0.6) is 0 Å². The van der Waals surface area contributed by atoms with Gasteiger partial charge in [-0.1, -0.05) is 0 Å². The highest BCUT2D eigenvalue weighted by molar-refractivity contribution is 7.90. The molecule has 1 fully saturated rings. The largest absolute Gasteiger partial charge is 0.327 e. The molecule has 148 valence electrons. The first-order valence-corrected chi connectivity index (χ1v) is 11.7. The van der Waals surface area contributed by atoms with E-state index in [-0.39, 0.29) is 5.03 Å². The van der Waals surface area contributed by atoms with Gasteiger partial charge in [0, 0.05) is 37.2 Å². The standard InChI is InChI=1S/C20H20N6O2S/c1-29(27,28)18-11-21-16-7-4-13(12-25(16)18)20-19(22-17-3-2-9-24(17)20)15-8-10-26(23-15)14-5-6-14/h4,7-8,10-12,14H,2-3,5-6,9H2,1H3. The zero-order valence-corrected chi connectivity index (χ0v) is 16.8. The molecule has 9 heteroatoms. The number of rotatable bonds is 4. The van der Waals surface area contributed by atoms with E-state index in [9.17, 15) is 8.42 Å². The summed E-state index contributed by atoms with van der Waals surface area (Å²) in [5.41, 5.74) is 4.24. The Balaban J connectivity index is 1.56. The molecular weight excluding hydrogens is 388 g/mol. The van der Waals surface area contributed by atoms with Gasteiger partial charge in [-0.15, -0.1) is 0 Å². The Morgan fingerprint density at radius 1 is 1.17 bits per heavy atom. The Hall–Kier alpha value is -2.94. The fourth-order valence-corrected chi connectivity index (χ4v) is 4.92. The Bertz CT molecular complexity index is 1370. The van der Waals surface area contributed by atoms with E-state index < -0.39 is 9.84 Å². The smallest absolute Gasteiger partial charge is 0.192 e. The number of aromatic nitrogens is 6. The van der Waals surface area contributed by atoms with Crippen molar-refractivity contribution in [3.05, 3.63) is 42.6 Å². The average molecular weight is 408 g/mol. The second kappa shape index (κ2) is 5.79. The van der Waals surface area contributed by atoms with Gasteiger partial charge in [-0.3, -0.25) is 9.08 Å². The molecule has 0 aromatic carbocycles. The predicted octanol–water partition coefficient (Wildman–Crippen LogP) is 2.75. The average Bonchev–Trinajstić information content (AvgIpc) is 3.08. The van der Waals surface area contributed by atoms with Gasteiger partial charge in [-0.25, -0.2) is 18.4 Å². The molecule has 0 bridgehead atoms. The van der Waals surface area contributed by atoms with E-state index in [4.69, 9.17) is 10.1 Å². The zero-order chi connectivity index (χ0) is 19.8. The van der Waals surface area contributed by atoms with Crippen molar-refractivity contribution in [3.63, 3.8) is 0 Å². The minimum Gasteiger partial charge on any atom is -0.327 e. The lowest BCUT2D eigenvalue weighted by atomic mass is 10.1. The van der Waals surface area contributed by atoms with Crippen molar-refractivity contribution >= 4 is 15.5 Å². The van der Waals surface area contributed by atoms with Crippen LogP contribution in [0.1, 0.15) is 31.1 Å². The quantitative estimate of drug-likeness (QED) is 0.518. The topological polar surface area (TPSA) is 87.1 Å². The molecule has 5 heterocycles. The second-order valence-corrected chi connectivity index (χ2v) is 9.87. The summed E-state index contributed by atoms with van der Waals surface area (Å²) in [5, 5.41) is 4.97. The van der Waals surface area contributed by atoms with Crippen LogP contribution in [0.2, 0.25) is 0 Å². The maximum atomic E-state index is 12.2. The SMILES string of the molecule is CS(=O)(=O)c1cnc2ccc(-c3c(-c4ccn(C5CC5)n4)nc4n3CCC4)cn12. The molecule has 0 radical (unpaired) electrons. The number of fused-ring (bicyclic) bond motifs is 2. The van der Waals surface area contributed by atoms with Crippen LogP contribution < -0.4 is 0 Å². The summed E-state index contributed by atoms with van der Waals surface area (Å²) in [6.07, 6.45) is 10.9. The highest BCUT2D eigenvalue weighted by Gasteiger charge is 2.28. The third-order valence-corrected chi connectivity index (χ3v) is 6.79. The van der Waals surface area contributed by atoms with E-state index in [1.54, 1.807) is 4.40 Å². The van der Waals surface area contributed by atoms with Crippen molar-refractivity contribution in [2.45, 2.75) is 43.3 Å². The Morgan fingerprint density at radius 2 is 2.03 bits per heavy atom. The summed E-state index contributed by atoms with van der Waals surface area (Å²) in [4.78, 5) is 9.15. The summed E-state index contributed by atoms with van der Waals surface area (Å²) in [6, 6.07) is 6.38. The van der Waals surface area contributed by atoms with Gasteiger partial charge in [0.1, 0.15) is 22.9 Å². The lowest BCUT2D eigenvalue weighted by Crippen LogP contribution is -2.03. The van der Waals surface area contributed by atoms with Gasteiger partial charge >= 0.3 is 0 Å². The Labute approximate surface area is 167 Å². The van der Waals surface area contributed by atoms with Crippen LogP contribution in [0.15, 0.2) is 41.8 Å². The monoisotopic (exact) mass is 408 g/mol. The molecular formula is C20H20N6O2S. The van der Waals surface area contributed by atoms with Gasteiger partial charge in [0.2, 0.25) is 0 Å². The van der Waals surface area contributed by atoms with Gasteiger partial charge in [-0.05, 0) is 37.5 Å².